The van der Waals surface area contributed by atoms with Crippen LogP contribution >= 0.6 is 21.6 Å². The zero-order valence-electron chi connectivity index (χ0n) is 59.8. The van der Waals surface area contributed by atoms with Gasteiger partial charge < -0.3 is 53.3 Å². The van der Waals surface area contributed by atoms with Crippen LogP contribution in [0.3, 0.4) is 0 Å². The van der Waals surface area contributed by atoms with Gasteiger partial charge in [0.25, 0.3) is 0 Å². The molecule has 510 valence electrons. The van der Waals surface area contributed by atoms with Gasteiger partial charge in [-0.2, -0.15) is 0 Å². The lowest BCUT2D eigenvalue weighted by atomic mass is 9.90. The van der Waals surface area contributed by atoms with Crippen molar-refractivity contribution in [3.63, 3.8) is 0 Å². The Kier molecular flexibility index (Phi) is 49.5. The standard InChI is InChI=1S/C20H32N2O4.C15H22O3.C13H27NO2S2.C11H24N2O2.C10H20O/c1-15(2)13-17-7-9-18(10-8-17)14-25-19(23)21(5)11-12-22(6)20(24)26-16(3)4;1-11(2)9-13-5-7-14(8-6-13)10-17-15(16)18-12(3)4;1-11(2)16-12(15)14-8-10-18-17-9-6-7-13(3,4)5;1-9(2)12(5)7-8-13(6)11(14)15-10(3)4;1-7(2)6-9(5)10(11)8(3)4/h7-10,15-16H,11-14H2,1-6H3;5-8,11-12H,9-10H2,1-4H3;11H,6-10H2,1-5H3,(H,14,15);9-10H,7-8H2,1-6H3;7-9H,6H2,1-5H3. The number of likely N-dealkylation sites (N-methyl/N-ethyl adjacent to an activating group) is 4. The number of nitrogens with one attached hydrogen (secondary N) is 1. The molecule has 0 saturated heterocycles. The summed E-state index contributed by atoms with van der Waals surface area (Å²) in [6, 6.07) is 16.7. The predicted molar refractivity (Wildman–Crippen MR) is 367 cm³/mol. The summed E-state index contributed by atoms with van der Waals surface area (Å²) in [5, 5.41) is 2.73. The minimum atomic E-state index is -0.615. The number of ether oxygens (including phenoxy) is 6. The lowest BCUT2D eigenvalue weighted by Gasteiger charge is -2.25. The van der Waals surface area contributed by atoms with Crippen LogP contribution in [0.4, 0.5) is 24.0 Å². The van der Waals surface area contributed by atoms with Crippen LogP contribution < -0.4 is 5.32 Å². The van der Waals surface area contributed by atoms with Crippen LogP contribution in [0.5, 0.6) is 0 Å². The van der Waals surface area contributed by atoms with E-state index in [-0.39, 0.29) is 61.7 Å². The fourth-order valence-corrected chi connectivity index (χ4v) is 9.45. The summed E-state index contributed by atoms with van der Waals surface area (Å²) in [5.74, 6) is 4.84. The van der Waals surface area contributed by atoms with Gasteiger partial charge in [-0.15, -0.1) is 0 Å². The maximum Gasteiger partial charge on any atom is 0.508 e. The van der Waals surface area contributed by atoms with E-state index in [2.05, 4.69) is 111 Å². The van der Waals surface area contributed by atoms with Gasteiger partial charge in [-0.25, -0.2) is 24.0 Å². The number of hydrogen-bond donors (Lipinski definition) is 1. The monoisotopic (exact) mass is 1280 g/mol. The molecule has 0 bridgehead atoms. The topological polar surface area (TPSA) is 183 Å². The summed E-state index contributed by atoms with van der Waals surface area (Å²) in [7, 11) is 10.8. The number of ketones is 1. The predicted octanol–water partition coefficient (Wildman–Crippen LogP) is 16.9. The molecule has 1 unspecified atom stereocenters. The molecule has 2 aromatic rings. The highest BCUT2D eigenvalue weighted by Crippen LogP contribution is 2.26. The first-order valence-electron chi connectivity index (χ1n) is 31.9. The molecule has 0 aliphatic carbocycles. The molecule has 0 aliphatic rings. The molecule has 0 fully saturated rings. The molecule has 2 rings (SSSR count). The van der Waals surface area contributed by atoms with E-state index in [4.69, 9.17) is 28.4 Å². The van der Waals surface area contributed by atoms with Crippen molar-refractivity contribution in [2.24, 2.45) is 35.0 Å². The van der Waals surface area contributed by atoms with E-state index in [9.17, 15) is 28.8 Å². The Hall–Kier alpha value is -4.88. The number of carbonyl (C=O) groups is 6. The molecule has 2 aromatic carbocycles. The molecular formula is C69H125N5O12S2. The summed E-state index contributed by atoms with van der Waals surface area (Å²) in [5.41, 5.74) is 4.95. The van der Waals surface area contributed by atoms with E-state index in [1.54, 1.807) is 53.7 Å². The summed E-state index contributed by atoms with van der Waals surface area (Å²) in [6.07, 6.45) is 3.23. The molecule has 0 saturated carbocycles. The van der Waals surface area contributed by atoms with Gasteiger partial charge in [-0.3, -0.25) is 4.79 Å². The molecule has 19 heteroatoms. The molecule has 4 amide bonds. The fourth-order valence-electron chi connectivity index (χ4n) is 7.46. The molecule has 17 nitrogen and oxygen atoms in total. The quantitative estimate of drug-likeness (QED) is 0.0337. The van der Waals surface area contributed by atoms with Crippen molar-refractivity contribution in [2.75, 3.05) is 72.4 Å². The summed E-state index contributed by atoms with van der Waals surface area (Å²) >= 11 is 0. The Morgan fingerprint density at radius 3 is 1.24 bits per heavy atom. The summed E-state index contributed by atoms with van der Waals surface area (Å²) < 4.78 is 30.3. The lowest BCUT2D eigenvalue weighted by molar-refractivity contribution is -0.125. The first-order valence-corrected chi connectivity index (χ1v) is 34.4. The Bertz CT molecular complexity index is 2150. The van der Waals surface area contributed by atoms with Gasteiger partial charge in [0.1, 0.15) is 19.0 Å². The van der Waals surface area contributed by atoms with Crippen LogP contribution in [0.15, 0.2) is 48.5 Å². The summed E-state index contributed by atoms with van der Waals surface area (Å²) in [4.78, 5) is 75.6. The molecule has 0 heterocycles. The van der Waals surface area contributed by atoms with E-state index in [1.165, 1.54) is 39.5 Å². The van der Waals surface area contributed by atoms with Crippen molar-refractivity contribution < 1.29 is 57.2 Å². The van der Waals surface area contributed by atoms with Gasteiger partial charge in [0.2, 0.25) is 0 Å². The third kappa shape index (κ3) is 53.0. The van der Waals surface area contributed by atoms with Crippen LogP contribution in [0.25, 0.3) is 0 Å². The Labute approximate surface area is 543 Å². The van der Waals surface area contributed by atoms with E-state index in [0.29, 0.717) is 61.2 Å². The molecule has 1 atom stereocenters. The number of benzene rings is 2. The largest absolute Gasteiger partial charge is 0.508 e. The van der Waals surface area contributed by atoms with Gasteiger partial charge in [0.15, 0.2) is 0 Å². The minimum absolute atomic E-state index is 0.0515. The van der Waals surface area contributed by atoms with Crippen LogP contribution in [0.1, 0.15) is 194 Å². The number of rotatable bonds is 30. The molecule has 1 N–H and O–H groups in total. The normalized spacial score (nSPS) is 11.5. The van der Waals surface area contributed by atoms with Crippen LogP contribution in [0.2, 0.25) is 0 Å². The number of alkyl carbamates (subject to hydrolysis) is 1. The van der Waals surface area contributed by atoms with E-state index >= 15 is 0 Å². The molecule has 0 radical (unpaired) electrons. The average molecular weight is 1280 g/mol. The Balaban J connectivity index is -0.00000105. The highest BCUT2D eigenvalue weighted by molar-refractivity contribution is 8.76. The summed E-state index contributed by atoms with van der Waals surface area (Å²) in [6.45, 7) is 48.2. The van der Waals surface area contributed by atoms with Crippen molar-refractivity contribution in [1.29, 1.82) is 0 Å². The van der Waals surface area contributed by atoms with Crippen molar-refractivity contribution in [1.82, 2.24) is 24.9 Å². The maximum absolute atomic E-state index is 12.1. The lowest BCUT2D eigenvalue weighted by Crippen LogP contribution is -2.38. The van der Waals surface area contributed by atoms with E-state index in [0.717, 1.165) is 42.7 Å². The number of amides is 4. The molecule has 0 aliphatic heterocycles. The third-order valence-electron chi connectivity index (χ3n) is 12.3. The van der Waals surface area contributed by atoms with Gasteiger partial charge >= 0.3 is 30.5 Å². The first-order chi connectivity index (χ1) is 40.8. The Morgan fingerprint density at radius 2 is 0.864 bits per heavy atom. The molecule has 0 aromatic heterocycles. The second-order valence-electron chi connectivity index (χ2n) is 26.6. The van der Waals surface area contributed by atoms with Crippen molar-refractivity contribution in [3.05, 3.63) is 70.8 Å². The molecular weight excluding hydrogens is 1150 g/mol. The second-order valence-corrected chi connectivity index (χ2v) is 29.3. The highest BCUT2D eigenvalue weighted by atomic mass is 33.1. The second kappa shape index (κ2) is 49.8. The van der Waals surface area contributed by atoms with E-state index in [1.807, 2.05) is 101 Å². The number of hydrogen-bond acceptors (Lipinski definition) is 15. The SMILES string of the molecule is CC(C)CC(C)C(=O)C(C)C.CC(C)Cc1ccc(COC(=O)N(C)CCN(C)C(=O)OC(C)C)cc1.CC(C)Cc1ccc(COC(=O)OC(C)C)cc1.CC(C)OC(=O)N(C)CCN(C)C(C)C.CC(C)OC(=O)NCCSSCCCC(C)(C)C. The zero-order chi connectivity index (χ0) is 68.3. The highest BCUT2D eigenvalue weighted by Gasteiger charge is 2.19. The number of carbonyl (C=O) groups excluding carboxylic acids is 6. The zero-order valence-corrected chi connectivity index (χ0v) is 61.4. The van der Waals surface area contributed by atoms with Crippen molar-refractivity contribution in [2.45, 2.75) is 228 Å². The maximum atomic E-state index is 12.1. The van der Waals surface area contributed by atoms with Crippen LogP contribution in [-0.4, -0.2) is 159 Å². The number of Topliss-reactive ketones (excluding diaryl/α,β-unsaturated/α-hetero) is 1. The molecule has 88 heavy (non-hydrogen) atoms. The van der Waals surface area contributed by atoms with Gasteiger partial charge in [0, 0.05) is 83.3 Å². The van der Waals surface area contributed by atoms with Crippen LogP contribution in [0, 0.1) is 35.0 Å². The first kappa shape index (κ1) is 87.3. The van der Waals surface area contributed by atoms with E-state index < -0.39 is 18.3 Å². The van der Waals surface area contributed by atoms with Gasteiger partial charge in [-0.1, -0.05) is 153 Å². The smallest absolute Gasteiger partial charge is 0.447 e. The average Bonchev–Trinajstić information content (AvgIpc) is 3.47. The van der Waals surface area contributed by atoms with Crippen molar-refractivity contribution >= 4 is 57.9 Å². The van der Waals surface area contributed by atoms with Gasteiger partial charge in [-0.05, 0) is 154 Å². The fraction of sp³-hybridized carbons (Fsp3) is 0.739. The third-order valence-corrected chi connectivity index (χ3v) is 14.8. The van der Waals surface area contributed by atoms with Crippen molar-refractivity contribution in [3.8, 4) is 0 Å². The minimum Gasteiger partial charge on any atom is -0.447 e. The Morgan fingerprint density at radius 1 is 0.477 bits per heavy atom. The molecule has 0 spiro atoms. The van der Waals surface area contributed by atoms with Crippen LogP contribution in [-0.2, 0) is 59.3 Å². The number of nitrogens with zero attached hydrogens (tertiary/aromatic N) is 4. The van der Waals surface area contributed by atoms with Gasteiger partial charge in [0.05, 0.1) is 24.4 Å².